The van der Waals surface area contributed by atoms with Gasteiger partial charge in [-0.2, -0.15) is 5.10 Å². The molecular weight excluding hydrogens is 218 g/mol. The summed E-state index contributed by atoms with van der Waals surface area (Å²) in [5.74, 6) is 0.463. The number of nitrogens with two attached hydrogens (primary N) is 1. The van der Waals surface area contributed by atoms with Gasteiger partial charge >= 0.3 is 0 Å². The lowest BCUT2D eigenvalue weighted by Crippen LogP contribution is -2.23. The molecule has 1 aromatic carbocycles. The van der Waals surface area contributed by atoms with Gasteiger partial charge in [0, 0.05) is 12.1 Å². The van der Waals surface area contributed by atoms with Gasteiger partial charge in [0.1, 0.15) is 12.2 Å². The minimum atomic E-state index is -0.156. The summed E-state index contributed by atoms with van der Waals surface area (Å²) in [5.41, 5.74) is 7.03. The molecule has 0 atom stereocenters. The van der Waals surface area contributed by atoms with E-state index >= 15 is 0 Å². The van der Waals surface area contributed by atoms with Crippen LogP contribution in [-0.2, 0) is 13.1 Å². The summed E-state index contributed by atoms with van der Waals surface area (Å²) in [7, 11) is 0. The Hall–Kier alpha value is -2.21. The van der Waals surface area contributed by atoms with Crippen molar-refractivity contribution in [2.75, 3.05) is 0 Å². The van der Waals surface area contributed by atoms with Crippen molar-refractivity contribution in [3.63, 3.8) is 0 Å². The third-order valence-electron chi connectivity index (χ3n) is 2.31. The Morgan fingerprint density at radius 3 is 3.06 bits per heavy atom. The number of carbonyl (C=O) groups excluding carboxylic acids is 1. The van der Waals surface area contributed by atoms with E-state index in [9.17, 15) is 4.79 Å². The second-order valence-corrected chi connectivity index (χ2v) is 3.52. The molecule has 17 heavy (non-hydrogen) atoms. The molecule has 1 aromatic heterocycles. The van der Waals surface area contributed by atoms with Crippen molar-refractivity contribution < 1.29 is 4.79 Å². The molecule has 2 rings (SSSR count). The van der Waals surface area contributed by atoms with Crippen molar-refractivity contribution in [1.29, 1.82) is 0 Å². The van der Waals surface area contributed by atoms with Crippen LogP contribution in [0.15, 0.2) is 30.6 Å². The second kappa shape index (κ2) is 5.22. The molecule has 6 heteroatoms. The molecule has 4 N–H and O–H groups in total. The normalized spacial score (nSPS) is 10.2. The lowest BCUT2D eigenvalue weighted by molar-refractivity contribution is 0.0950. The van der Waals surface area contributed by atoms with E-state index in [4.69, 9.17) is 5.73 Å². The quantitative estimate of drug-likeness (QED) is 0.700. The zero-order valence-corrected chi connectivity index (χ0v) is 9.18. The fourth-order valence-corrected chi connectivity index (χ4v) is 1.42. The summed E-state index contributed by atoms with van der Waals surface area (Å²) in [6, 6.07) is 7.21. The number of hydrogen-bond acceptors (Lipinski definition) is 4. The SMILES string of the molecule is NCc1cccc(C(=O)NCc2ncn[nH]2)c1. The van der Waals surface area contributed by atoms with Crippen molar-refractivity contribution in [2.45, 2.75) is 13.1 Å². The fraction of sp³-hybridized carbons (Fsp3) is 0.182. The first kappa shape index (κ1) is 11.3. The number of nitrogens with zero attached hydrogens (tertiary/aromatic N) is 2. The zero-order valence-electron chi connectivity index (χ0n) is 9.18. The molecule has 0 bridgehead atoms. The lowest BCUT2D eigenvalue weighted by Gasteiger charge is -2.04. The van der Waals surface area contributed by atoms with Crippen LogP contribution < -0.4 is 11.1 Å². The molecule has 0 aliphatic rings. The van der Waals surface area contributed by atoms with Gasteiger partial charge in [-0.05, 0) is 17.7 Å². The molecule has 1 amide bonds. The monoisotopic (exact) mass is 231 g/mol. The maximum Gasteiger partial charge on any atom is 0.251 e. The fourth-order valence-electron chi connectivity index (χ4n) is 1.42. The van der Waals surface area contributed by atoms with Crippen molar-refractivity contribution in [3.8, 4) is 0 Å². The molecule has 1 heterocycles. The van der Waals surface area contributed by atoms with Crippen molar-refractivity contribution in [3.05, 3.63) is 47.5 Å². The molecule has 88 valence electrons. The first-order valence-electron chi connectivity index (χ1n) is 5.21. The molecule has 0 spiro atoms. The number of benzene rings is 1. The third-order valence-corrected chi connectivity index (χ3v) is 2.31. The van der Waals surface area contributed by atoms with Crippen LogP contribution in [-0.4, -0.2) is 21.1 Å². The molecular formula is C11H13N5O. The van der Waals surface area contributed by atoms with Gasteiger partial charge in [-0.3, -0.25) is 9.89 Å². The maximum atomic E-state index is 11.8. The van der Waals surface area contributed by atoms with E-state index in [2.05, 4.69) is 20.5 Å². The van der Waals surface area contributed by atoms with E-state index in [1.54, 1.807) is 12.1 Å². The minimum absolute atomic E-state index is 0.156. The topological polar surface area (TPSA) is 96.7 Å². The number of carbonyl (C=O) groups is 1. The average molecular weight is 231 g/mol. The van der Waals surface area contributed by atoms with Crippen molar-refractivity contribution >= 4 is 5.91 Å². The molecule has 6 nitrogen and oxygen atoms in total. The molecule has 0 saturated carbocycles. The first-order chi connectivity index (χ1) is 8.29. The van der Waals surface area contributed by atoms with Crippen molar-refractivity contribution in [2.24, 2.45) is 5.73 Å². The van der Waals surface area contributed by atoms with Crippen LogP contribution >= 0.6 is 0 Å². The van der Waals surface area contributed by atoms with E-state index in [0.29, 0.717) is 24.5 Å². The minimum Gasteiger partial charge on any atom is -0.345 e. The van der Waals surface area contributed by atoms with Gasteiger partial charge < -0.3 is 11.1 Å². The second-order valence-electron chi connectivity index (χ2n) is 3.52. The summed E-state index contributed by atoms with van der Waals surface area (Å²) in [5, 5.41) is 9.11. The summed E-state index contributed by atoms with van der Waals surface area (Å²) >= 11 is 0. The Kier molecular flexibility index (Phi) is 3.46. The highest BCUT2D eigenvalue weighted by atomic mass is 16.1. The Bertz CT molecular complexity index is 494. The first-order valence-corrected chi connectivity index (χ1v) is 5.21. The van der Waals surface area contributed by atoms with Gasteiger partial charge in [-0.25, -0.2) is 4.98 Å². The van der Waals surface area contributed by atoms with Crippen molar-refractivity contribution in [1.82, 2.24) is 20.5 Å². The van der Waals surface area contributed by atoms with Crippen LogP contribution in [0.4, 0.5) is 0 Å². The summed E-state index contributed by atoms with van der Waals surface area (Å²) in [6.07, 6.45) is 1.40. The Balaban J connectivity index is 1.99. The van der Waals surface area contributed by atoms with Crippen LogP contribution in [0.5, 0.6) is 0 Å². The van der Waals surface area contributed by atoms with Crippen LogP contribution in [0.25, 0.3) is 0 Å². The van der Waals surface area contributed by atoms with E-state index in [0.717, 1.165) is 5.56 Å². The molecule has 0 fully saturated rings. The van der Waals surface area contributed by atoms with Gasteiger partial charge in [-0.15, -0.1) is 0 Å². The Morgan fingerprint density at radius 1 is 1.47 bits per heavy atom. The van der Waals surface area contributed by atoms with Crippen LogP contribution in [0, 0.1) is 0 Å². The van der Waals surface area contributed by atoms with E-state index in [-0.39, 0.29) is 5.91 Å². The summed E-state index contributed by atoms with van der Waals surface area (Å²) < 4.78 is 0. The van der Waals surface area contributed by atoms with E-state index < -0.39 is 0 Å². The molecule has 0 aliphatic carbocycles. The zero-order chi connectivity index (χ0) is 12.1. The van der Waals surface area contributed by atoms with Gasteiger partial charge in [0.15, 0.2) is 0 Å². The van der Waals surface area contributed by atoms with Gasteiger partial charge in [0.05, 0.1) is 6.54 Å². The predicted octanol–water partition coefficient (Wildman–Crippen LogP) is 0.193. The molecule has 0 radical (unpaired) electrons. The summed E-state index contributed by atoms with van der Waals surface area (Å²) in [4.78, 5) is 15.7. The van der Waals surface area contributed by atoms with Crippen LogP contribution in [0.2, 0.25) is 0 Å². The standard InChI is InChI=1S/C11H13N5O/c12-5-8-2-1-3-9(4-8)11(17)13-6-10-14-7-15-16-10/h1-4,7H,5-6,12H2,(H,13,17)(H,14,15,16). The van der Waals surface area contributed by atoms with Gasteiger partial charge in [0.25, 0.3) is 5.91 Å². The van der Waals surface area contributed by atoms with Gasteiger partial charge in [-0.1, -0.05) is 12.1 Å². The summed E-state index contributed by atoms with van der Waals surface area (Å²) in [6.45, 7) is 0.745. The van der Waals surface area contributed by atoms with E-state index in [1.807, 2.05) is 12.1 Å². The highest BCUT2D eigenvalue weighted by molar-refractivity contribution is 5.94. The van der Waals surface area contributed by atoms with Gasteiger partial charge in [0.2, 0.25) is 0 Å². The Labute approximate surface area is 98.3 Å². The van der Waals surface area contributed by atoms with E-state index in [1.165, 1.54) is 6.33 Å². The largest absolute Gasteiger partial charge is 0.345 e. The lowest BCUT2D eigenvalue weighted by atomic mass is 10.1. The number of rotatable bonds is 4. The number of aromatic amines is 1. The number of aromatic nitrogens is 3. The highest BCUT2D eigenvalue weighted by Crippen LogP contribution is 2.04. The van der Waals surface area contributed by atoms with Crippen LogP contribution in [0.3, 0.4) is 0 Å². The molecule has 0 unspecified atom stereocenters. The predicted molar refractivity (Wildman–Crippen MR) is 61.9 cm³/mol. The smallest absolute Gasteiger partial charge is 0.251 e. The number of hydrogen-bond donors (Lipinski definition) is 3. The average Bonchev–Trinajstić information content (AvgIpc) is 2.89. The molecule has 2 aromatic rings. The number of nitrogens with one attached hydrogen (secondary N) is 2. The third kappa shape index (κ3) is 2.88. The highest BCUT2D eigenvalue weighted by Gasteiger charge is 2.06. The molecule has 0 saturated heterocycles. The maximum absolute atomic E-state index is 11.8. The molecule has 0 aliphatic heterocycles. The Morgan fingerprint density at radius 2 is 2.35 bits per heavy atom. The van der Waals surface area contributed by atoms with Crippen LogP contribution in [0.1, 0.15) is 21.7 Å². The number of amides is 1. The number of H-pyrrole nitrogens is 1.